The van der Waals surface area contributed by atoms with E-state index in [1.807, 2.05) is 32.9 Å². The van der Waals surface area contributed by atoms with E-state index in [-0.39, 0.29) is 5.56 Å². The number of aryl methyl sites for hydroxylation is 1. The van der Waals surface area contributed by atoms with Crippen molar-refractivity contribution in [3.05, 3.63) is 77.6 Å². The minimum atomic E-state index is -0.180. The molecule has 2 aromatic carbocycles. The number of hydrogen-bond acceptors (Lipinski definition) is 3. The fourth-order valence-corrected chi connectivity index (χ4v) is 3.41. The molecule has 0 radical (unpaired) electrons. The highest BCUT2D eigenvalue weighted by Gasteiger charge is 2.14. The number of halogens is 3. The van der Waals surface area contributed by atoms with Crippen LogP contribution in [0.5, 0.6) is 0 Å². The number of H-pyrrole nitrogens is 1. The number of aromatic amines is 1. The van der Waals surface area contributed by atoms with Crippen LogP contribution in [0.3, 0.4) is 0 Å². The fourth-order valence-electron chi connectivity index (χ4n) is 2.65. The van der Waals surface area contributed by atoms with Gasteiger partial charge in [-0.3, -0.25) is 15.3 Å². The second-order valence-electron chi connectivity index (χ2n) is 6.10. The molecule has 8 heteroatoms. The largest absolute Gasteiger partial charge is 0.295 e. The second-order valence-corrected chi connectivity index (χ2v) is 7.80. The topological polar surface area (TPSA) is 62.2 Å². The van der Waals surface area contributed by atoms with Crippen molar-refractivity contribution in [3.8, 4) is 5.69 Å². The van der Waals surface area contributed by atoms with E-state index in [0.29, 0.717) is 27.0 Å². The number of benzene rings is 2. The van der Waals surface area contributed by atoms with E-state index in [9.17, 15) is 4.79 Å². The van der Waals surface area contributed by atoms with Gasteiger partial charge in [-0.15, -0.1) is 0 Å². The number of anilines is 1. The smallest absolute Gasteiger partial charge is 0.280 e. The van der Waals surface area contributed by atoms with Crippen molar-refractivity contribution in [2.45, 2.75) is 20.8 Å². The van der Waals surface area contributed by atoms with Gasteiger partial charge in [-0.25, -0.2) is 4.68 Å². The van der Waals surface area contributed by atoms with Crippen molar-refractivity contribution in [1.29, 1.82) is 0 Å². The van der Waals surface area contributed by atoms with Crippen LogP contribution in [0.25, 0.3) is 5.69 Å². The maximum absolute atomic E-state index is 12.9. The molecule has 0 saturated heterocycles. The Hall–Kier alpha value is -2.02. The zero-order chi connectivity index (χ0) is 19.7. The van der Waals surface area contributed by atoms with Crippen LogP contribution in [-0.2, 0) is 0 Å². The molecule has 0 bridgehead atoms. The third-order valence-corrected chi connectivity index (χ3v) is 5.78. The summed E-state index contributed by atoms with van der Waals surface area (Å²) >= 11 is 15.6. The number of hydrazone groups is 1. The normalized spacial score (nSPS) is 11.3. The van der Waals surface area contributed by atoms with Gasteiger partial charge in [-0.05, 0) is 62.2 Å². The average Bonchev–Trinajstić information content (AvgIpc) is 2.90. The fraction of sp³-hybridized carbons (Fsp3) is 0.158. The Morgan fingerprint density at radius 2 is 1.89 bits per heavy atom. The van der Waals surface area contributed by atoms with Crippen molar-refractivity contribution >= 4 is 51.0 Å². The van der Waals surface area contributed by atoms with Gasteiger partial charge in [0.1, 0.15) is 0 Å². The van der Waals surface area contributed by atoms with Crippen LogP contribution in [0.1, 0.15) is 22.4 Å². The molecule has 1 aromatic heterocycles. The maximum atomic E-state index is 12.9. The molecule has 3 rings (SSSR count). The van der Waals surface area contributed by atoms with Gasteiger partial charge in [0.05, 0.1) is 28.2 Å². The molecule has 0 atom stereocenters. The van der Waals surface area contributed by atoms with Crippen molar-refractivity contribution in [2.24, 2.45) is 5.10 Å². The quantitative estimate of drug-likeness (QED) is 0.387. The third kappa shape index (κ3) is 3.98. The maximum Gasteiger partial charge on any atom is 0.280 e. The second kappa shape index (κ2) is 7.92. The van der Waals surface area contributed by atoms with E-state index in [1.54, 1.807) is 18.2 Å². The standard InChI is InChI=1S/C19H17BrCl2N4O/c1-10-11(2)18(7-5-15(10)20)26-19(27)14(12(3)25-26)9-23-24-17-8-13(21)4-6-16(17)22/h4-9,24-25H,1-3H3. The van der Waals surface area contributed by atoms with E-state index in [2.05, 4.69) is 31.6 Å². The number of nitrogens with zero attached hydrogens (tertiary/aromatic N) is 2. The van der Waals surface area contributed by atoms with Gasteiger partial charge in [0, 0.05) is 15.2 Å². The Labute approximate surface area is 175 Å². The first-order valence-electron chi connectivity index (χ1n) is 8.11. The zero-order valence-corrected chi connectivity index (χ0v) is 18.0. The lowest BCUT2D eigenvalue weighted by Crippen LogP contribution is -2.18. The van der Waals surface area contributed by atoms with Crippen molar-refractivity contribution in [1.82, 2.24) is 9.78 Å². The van der Waals surface area contributed by atoms with Crippen molar-refractivity contribution in [3.63, 3.8) is 0 Å². The molecule has 0 aliphatic carbocycles. The van der Waals surface area contributed by atoms with Crippen LogP contribution in [-0.4, -0.2) is 16.0 Å². The molecule has 1 heterocycles. The minimum absolute atomic E-state index is 0.180. The predicted octanol–water partition coefficient (Wildman–Crippen LogP) is 5.61. The summed E-state index contributed by atoms with van der Waals surface area (Å²) < 4.78 is 2.53. The number of rotatable bonds is 4. The molecule has 0 spiro atoms. The molecule has 0 aliphatic rings. The van der Waals surface area contributed by atoms with E-state index in [0.717, 1.165) is 21.3 Å². The summed E-state index contributed by atoms with van der Waals surface area (Å²) in [6.07, 6.45) is 1.48. The lowest BCUT2D eigenvalue weighted by Gasteiger charge is -2.10. The average molecular weight is 468 g/mol. The van der Waals surface area contributed by atoms with Crippen LogP contribution in [0, 0.1) is 20.8 Å². The highest BCUT2D eigenvalue weighted by molar-refractivity contribution is 9.10. The molecule has 0 fully saturated rings. The third-order valence-electron chi connectivity index (χ3n) is 4.36. The summed E-state index contributed by atoms with van der Waals surface area (Å²) in [5, 5.41) is 8.27. The Morgan fingerprint density at radius 1 is 1.15 bits per heavy atom. The molecule has 2 N–H and O–H groups in total. The van der Waals surface area contributed by atoms with Gasteiger partial charge < -0.3 is 0 Å². The van der Waals surface area contributed by atoms with E-state index in [4.69, 9.17) is 23.2 Å². The first-order valence-corrected chi connectivity index (χ1v) is 9.66. The summed E-state index contributed by atoms with van der Waals surface area (Å²) in [5.74, 6) is 0. The number of nitrogens with one attached hydrogen (secondary N) is 2. The van der Waals surface area contributed by atoms with Crippen LogP contribution < -0.4 is 11.0 Å². The van der Waals surface area contributed by atoms with Gasteiger partial charge in [-0.2, -0.15) is 5.10 Å². The van der Waals surface area contributed by atoms with Gasteiger partial charge in [0.15, 0.2) is 0 Å². The predicted molar refractivity (Wildman–Crippen MR) is 116 cm³/mol. The summed E-state index contributed by atoms with van der Waals surface area (Å²) in [4.78, 5) is 12.9. The first-order chi connectivity index (χ1) is 12.8. The SMILES string of the molecule is Cc1[nH]n(-c2ccc(Br)c(C)c2C)c(=O)c1C=NNc1cc(Cl)ccc1Cl. The lowest BCUT2D eigenvalue weighted by molar-refractivity contribution is 0.827. The highest BCUT2D eigenvalue weighted by atomic mass is 79.9. The van der Waals surface area contributed by atoms with Crippen LogP contribution in [0.2, 0.25) is 10.0 Å². The Kier molecular flexibility index (Phi) is 5.79. The van der Waals surface area contributed by atoms with E-state index < -0.39 is 0 Å². The van der Waals surface area contributed by atoms with E-state index >= 15 is 0 Å². The Bertz CT molecular complexity index is 1100. The van der Waals surface area contributed by atoms with Crippen LogP contribution in [0.15, 0.2) is 44.7 Å². The van der Waals surface area contributed by atoms with Crippen molar-refractivity contribution in [2.75, 3.05) is 5.43 Å². The van der Waals surface area contributed by atoms with Gasteiger partial charge in [-0.1, -0.05) is 39.1 Å². The van der Waals surface area contributed by atoms with Gasteiger partial charge in [0.25, 0.3) is 5.56 Å². The molecule has 3 aromatic rings. The molecular formula is C19H17BrCl2N4O. The van der Waals surface area contributed by atoms with Crippen LogP contribution >= 0.6 is 39.1 Å². The van der Waals surface area contributed by atoms with E-state index in [1.165, 1.54) is 10.9 Å². The summed E-state index contributed by atoms with van der Waals surface area (Å²) in [6.45, 7) is 5.81. The highest BCUT2D eigenvalue weighted by Crippen LogP contribution is 2.26. The summed E-state index contributed by atoms with van der Waals surface area (Å²) in [6, 6.07) is 8.86. The van der Waals surface area contributed by atoms with Crippen LogP contribution in [0.4, 0.5) is 5.69 Å². The van der Waals surface area contributed by atoms with Gasteiger partial charge >= 0.3 is 0 Å². The molecule has 0 unspecified atom stereocenters. The zero-order valence-electron chi connectivity index (χ0n) is 14.9. The molecular weight excluding hydrogens is 451 g/mol. The first kappa shape index (κ1) is 19.7. The summed E-state index contributed by atoms with van der Waals surface area (Å²) in [5.41, 5.74) is 7.27. The monoisotopic (exact) mass is 466 g/mol. The molecule has 0 saturated carbocycles. The Morgan fingerprint density at radius 3 is 2.63 bits per heavy atom. The molecule has 5 nitrogen and oxygen atoms in total. The molecule has 0 aliphatic heterocycles. The Balaban J connectivity index is 1.94. The minimum Gasteiger partial charge on any atom is -0.295 e. The van der Waals surface area contributed by atoms with Gasteiger partial charge in [0.2, 0.25) is 0 Å². The number of aromatic nitrogens is 2. The van der Waals surface area contributed by atoms with Crippen molar-refractivity contribution < 1.29 is 0 Å². The molecule has 27 heavy (non-hydrogen) atoms. The number of hydrogen-bond donors (Lipinski definition) is 2. The summed E-state index contributed by atoms with van der Waals surface area (Å²) in [7, 11) is 0. The molecule has 0 amide bonds. The lowest BCUT2D eigenvalue weighted by atomic mass is 10.1. The molecule has 140 valence electrons.